The monoisotopic (exact) mass is 1130 g/mol. The summed E-state index contributed by atoms with van der Waals surface area (Å²) in [6.07, 6.45) is 0. The quantitative estimate of drug-likeness (QED) is 0.121. The summed E-state index contributed by atoms with van der Waals surface area (Å²) in [7, 11) is 0. The molecule has 0 bridgehead atoms. The number of aromatic nitrogens is 2. The Kier molecular flexibility index (Phi) is 13.4. The molecule has 0 fully saturated rings. The number of hydrogen-bond acceptors (Lipinski definition) is 0. The summed E-state index contributed by atoms with van der Waals surface area (Å²) in [5.74, 6) is 0. The van der Waals surface area contributed by atoms with Crippen LogP contribution < -0.4 is 0 Å². The molecule has 0 amide bonds. The molecule has 0 unspecified atom stereocenters. The fraction of sp³-hybridized carbons (Fsp3) is 0.0930. The third kappa shape index (κ3) is 9.54. The van der Waals surface area contributed by atoms with E-state index in [0.29, 0.717) is 0 Å². The van der Waals surface area contributed by atoms with Gasteiger partial charge in [-0.05, 0) is 171 Å². The second kappa shape index (κ2) is 21.8. The number of hydrogen-bond donors (Lipinski definition) is 0. The van der Waals surface area contributed by atoms with Crippen molar-refractivity contribution in [3.63, 3.8) is 0 Å². The minimum Gasteiger partial charge on any atom is -0.309 e. The molecule has 2 aromatic heterocycles. The number of benzene rings is 13. The van der Waals surface area contributed by atoms with Crippen LogP contribution in [0.2, 0.25) is 0 Å². The first-order valence-electron chi connectivity index (χ1n) is 30.9. The van der Waals surface area contributed by atoms with Gasteiger partial charge in [0.2, 0.25) is 0 Å². The van der Waals surface area contributed by atoms with E-state index >= 15 is 0 Å². The number of fused-ring (bicyclic) bond motifs is 4. The molecule has 0 spiro atoms. The van der Waals surface area contributed by atoms with Gasteiger partial charge in [-0.15, -0.1) is 0 Å². The van der Waals surface area contributed by atoms with Crippen molar-refractivity contribution >= 4 is 43.4 Å². The Bertz CT molecular complexity index is 4630. The fourth-order valence-electron chi connectivity index (χ4n) is 14.1. The van der Waals surface area contributed by atoms with E-state index in [2.05, 4.69) is 354 Å². The predicted octanol–water partition coefficient (Wildman–Crippen LogP) is 23.8. The Morgan fingerprint density at radius 3 is 0.682 bits per heavy atom. The first-order valence-corrected chi connectivity index (χ1v) is 30.9. The summed E-state index contributed by atoms with van der Waals surface area (Å²) in [5, 5.41) is 7.50. The van der Waals surface area contributed by atoms with Gasteiger partial charge in [-0.3, -0.25) is 0 Å². The van der Waals surface area contributed by atoms with Crippen LogP contribution in [0.15, 0.2) is 303 Å². The van der Waals surface area contributed by atoms with Crippen LogP contribution in [0.1, 0.15) is 52.7 Å². The number of nitrogens with zero attached hydrogens (tertiary/aromatic N) is 2. The average molecular weight is 1130 g/mol. The molecule has 0 aliphatic heterocycles. The molecule has 422 valence electrons. The Hall–Kier alpha value is -10.5. The maximum atomic E-state index is 2.59. The molecule has 0 atom stereocenters. The molecule has 15 rings (SSSR count). The van der Waals surface area contributed by atoms with Crippen molar-refractivity contribution in [2.24, 2.45) is 0 Å². The van der Waals surface area contributed by atoms with Crippen molar-refractivity contribution in [2.75, 3.05) is 0 Å². The predicted molar refractivity (Wildman–Crippen MR) is 376 cm³/mol. The summed E-state index contributed by atoms with van der Waals surface area (Å²) in [4.78, 5) is 0. The lowest BCUT2D eigenvalue weighted by molar-refractivity contribution is 0.593. The van der Waals surface area contributed by atoms with Gasteiger partial charge in [0.25, 0.3) is 0 Å². The highest BCUT2D eigenvalue weighted by Gasteiger charge is 2.33. The van der Waals surface area contributed by atoms with E-state index < -0.39 is 0 Å². The SMILES string of the molecule is CC(C)(C)c1c2cc3c(-c4ccccc4)c(-c4ccccc4)n(-c4cc(-c5ccccc5)cc(-c5ccccc5)c4)c3cc2c(C(C)(C)C)c2cc3c(-c4ccccc4)c(-c4ccccc4)n(-c4cc(-c5ccccc5)cc(-c5ccccc5)c4)c3cc12. The Balaban J connectivity index is 1.14. The molecule has 0 aliphatic rings. The van der Waals surface area contributed by atoms with Crippen molar-refractivity contribution in [3.8, 4) is 101 Å². The van der Waals surface area contributed by atoms with Gasteiger partial charge in [-0.1, -0.05) is 284 Å². The average Bonchev–Trinajstić information content (AvgIpc) is 1.60. The molecule has 88 heavy (non-hydrogen) atoms. The van der Waals surface area contributed by atoms with Crippen LogP contribution in [0.25, 0.3) is 144 Å². The van der Waals surface area contributed by atoms with E-state index in [1.54, 1.807) is 0 Å². The van der Waals surface area contributed by atoms with Gasteiger partial charge in [-0.2, -0.15) is 0 Å². The molecule has 13 aromatic carbocycles. The summed E-state index contributed by atoms with van der Waals surface area (Å²) in [5.41, 5.74) is 25.4. The second-order valence-electron chi connectivity index (χ2n) is 25.7. The van der Waals surface area contributed by atoms with Crippen LogP contribution in [0, 0.1) is 0 Å². The first-order chi connectivity index (χ1) is 42.9. The maximum absolute atomic E-state index is 2.59. The van der Waals surface area contributed by atoms with Crippen molar-refractivity contribution < 1.29 is 0 Å². The van der Waals surface area contributed by atoms with E-state index in [0.717, 1.165) is 44.9 Å². The van der Waals surface area contributed by atoms with Crippen molar-refractivity contribution in [1.29, 1.82) is 0 Å². The molecule has 0 radical (unpaired) electrons. The summed E-state index contributed by atoms with van der Waals surface area (Å²) >= 11 is 0. The van der Waals surface area contributed by atoms with Gasteiger partial charge in [0, 0.05) is 33.3 Å². The third-order valence-electron chi connectivity index (χ3n) is 17.8. The van der Waals surface area contributed by atoms with Gasteiger partial charge in [0.05, 0.1) is 22.4 Å². The van der Waals surface area contributed by atoms with Crippen LogP contribution >= 0.6 is 0 Å². The lowest BCUT2D eigenvalue weighted by atomic mass is 9.73. The molecule has 0 N–H and O–H groups in total. The van der Waals surface area contributed by atoms with Gasteiger partial charge in [0.15, 0.2) is 0 Å². The van der Waals surface area contributed by atoms with Gasteiger partial charge >= 0.3 is 0 Å². The zero-order chi connectivity index (χ0) is 59.7. The zero-order valence-corrected chi connectivity index (χ0v) is 50.8. The normalized spacial score (nSPS) is 12.0. The maximum Gasteiger partial charge on any atom is 0.0619 e. The molecular weight excluding hydrogens is 1060 g/mol. The Morgan fingerprint density at radius 2 is 0.432 bits per heavy atom. The van der Waals surface area contributed by atoms with E-state index in [9.17, 15) is 0 Å². The lowest BCUT2D eigenvalue weighted by Crippen LogP contribution is -2.18. The summed E-state index contributed by atoms with van der Waals surface area (Å²) in [6.45, 7) is 14.5. The van der Waals surface area contributed by atoms with Gasteiger partial charge in [0.1, 0.15) is 0 Å². The Morgan fingerprint density at radius 1 is 0.205 bits per heavy atom. The van der Waals surface area contributed by atoms with Crippen molar-refractivity contribution in [2.45, 2.75) is 52.4 Å². The molecule has 0 saturated heterocycles. The summed E-state index contributed by atoms with van der Waals surface area (Å²) < 4.78 is 5.18. The second-order valence-corrected chi connectivity index (χ2v) is 25.7. The van der Waals surface area contributed by atoms with Crippen molar-refractivity contribution in [3.05, 3.63) is 314 Å². The van der Waals surface area contributed by atoms with Crippen molar-refractivity contribution in [1.82, 2.24) is 9.13 Å². The van der Waals surface area contributed by atoms with Crippen LogP contribution in [-0.4, -0.2) is 9.13 Å². The molecule has 2 heteroatoms. The minimum absolute atomic E-state index is 0.309. The molecular formula is C86H68N2. The standard InChI is InChI=1S/C86H68N2/c1-85(2,3)81-71-53-75-78(88(83(63-43-27-13-28-44-63)79(75)61-39-23-11-24-40-61)70-51-67(59-35-19-9-20-36-59)48-68(52-70)60-37-21-10-22-38-60)56-74(71)82(86(4,5)6)72-54-76-77(55-73(72)81)87(84(64-45-29-14-30-46-64)80(76)62-41-25-12-26-42-62)69-49-65(57-31-15-7-16-32-57)47-66(50-69)58-33-17-8-18-34-58/h7-56H,1-6H3. The fourth-order valence-corrected chi connectivity index (χ4v) is 14.1. The van der Waals surface area contributed by atoms with E-state index in [1.807, 2.05) is 0 Å². The molecule has 0 aliphatic carbocycles. The van der Waals surface area contributed by atoms with E-state index in [-0.39, 0.29) is 10.8 Å². The number of rotatable bonds is 10. The van der Waals surface area contributed by atoms with E-state index in [4.69, 9.17) is 0 Å². The zero-order valence-electron chi connectivity index (χ0n) is 50.8. The highest BCUT2D eigenvalue weighted by Crippen LogP contribution is 2.53. The lowest BCUT2D eigenvalue weighted by Gasteiger charge is -2.31. The van der Waals surface area contributed by atoms with Gasteiger partial charge in [-0.25, -0.2) is 0 Å². The molecule has 0 saturated carbocycles. The molecule has 2 nitrogen and oxygen atoms in total. The molecule has 2 heterocycles. The first kappa shape index (κ1) is 54.1. The molecule has 15 aromatic rings. The third-order valence-corrected chi connectivity index (χ3v) is 17.8. The highest BCUT2D eigenvalue weighted by atomic mass is 15.0. The van der Waals surface area contributed by atoms with Crippen LogP contribution in [0.3, 0.4) is 0 Å². The topological polar surface area (TPSA) is 9.86 Å². The summed E-state index contributed by atoms with van der Waals surface area (Å²) in [6, 6.07) is 113. The highest BCUT2D eigenvalue weighted by molar-refractivity contribution is 6.20. The largest absolute Gasteiger partial charge is 0.309 e. The van der Waals surface area contributed by atoms with Crippen LogP contribution in [-0.2, 0) is 10.8 Å². The van der Waals surface area contributed by atoms with Gasteiger partial charge < -0.3 is 9.13 Å². The Labute approximate surface area is 516 Å². The van der Waals surface area contributed by atoms with E-state index in [1.165, 1.54) is 110 Å². The van der Waals surface area contributed by atoms with Crippen LogP contribution in [0.4, 0.5) is 0 Å². The smallest absolute Gasteiger partial charge is 0.0619 e. The minimum atomic E-state index is -0.309. The van der Waals surface area contributed by atoms with Crippen LogP contribution in [0.5, 0.6) is 0 Å².